The van der Waals surface area contributed by atoms with E-state index in [9.17, 15) is 4.79 Å². The van der Waals surface area contributed by atoms with Gasteiger partial charge >= 0.3 is 0 Å². The quantitative estimate of drug-likeness (QED) is 0.720. The summed E-state index contributed by atoms with van der Waals surface area (Å²) in [7, 11) is 1.84. The van der Waals surface area contributed by atoms with E-state index >= 15 is 0 Å². The minimum absolute atomic E-state index is 0.0809. The predicted octanol–water partition coefficient (Wildman–Crippen LogP) is 3.34. The zero-order valence-electron chi connectivity index (χ0n) is 13.2. The molecule has 0 saturated carbocycles. The van der Waals surface area contributed by atoms with Crippen LogP contribution in [-0.2, 0) is 13.5 Å². The van der Waals surface area contributed by atoms with E-state index in [2.05, 4.69) is 22.0 Å². The van der Waals surface area contributed by atoms with Crippen LogP contribution in [0.5, 0.6) is 0 Å². The van der Waals surface area contributed by atoms with E-state index < -0.39 is 0 Å². The van der Waals surface area contributed by atoms with Gasteiger partial charge in [0.25, 0.3) is 5.56 Å². The third kappa shape index (κ3) is 4.16. The van der Waals surface area contributed by atoms with E-state index in [1.54, 1.807) is 4.68 Å². The molecule has 0 amide bonds. The minimum atomic E-state index is -0.0809. The SMILES string of the molecule is CCCCCCCCCCc1nn(C)c2nc[nH]c(=O)c12. The van der Waals surface area contributed by atoms with Crippen LogP contribution < -0.4 is 5.56 Å². The van der Waals surface area contributed by atoms with Crippen LogP contribution in [0.3, 0.4) is 0 Å². The van der Waals surface area contributed by atoms with Crippen LogP contribution >= 0.6 is 0 Å². The summed E-state index contributed by atoms with van der Waals surface area (Å²) < 4.78 is 1.70. The molecular weight excluding hydrogens is 264 g/mol. The lowest BCUT2D eigenvalue weighted by atomic mass is 10.1. The first-order chi connectivity index (χ1) is 10.2. The number of rotatable bonds is 9. The molecule has 0 aliphatic carbocycles. The largest absolute Gasteiger partial charge is 0.312 e. The molecule has 5 heteroatoms. The number of aromatic nitrogens is 4. The molecule has 0 aliphatic rings. The number of aryl methyl sites for hydroxylation is 2. The fourth-order valence-electron chi connectivity index (χ4n) is 2.78. The van der Waals surface area contributed by atoms with Crippen molar-refractivity contribution in [1.82, 2.24) is 19.7 Å². The Kier molecular flexibility index (Phi) is 5.96. The van der Waals surface area contributed by atoms with Crippen LogP contribution in [0.4, 0.5) is 0 Å². The molecule has 21 heavy (non-hydrogen) atoms. The summed E-state index contributed by atoms with van der Waals surface area (Å²) in [5.41, 5.74) is 1.48. The number of aromatic amines is 1. The number of hydrogen-bond donors (Lipinski definition) is 1. The molecule has 0 spiro atoms. The molecule has 116 valence electrons. The Morgan fingerprint density at radius 2 is 1.76 bits per heavy atom. The molecule has 2 heterocycles. The van der Waals surface area contributed by atoms with Gasteiger partial charge in [-0.15, -0.1) is 0 Å². The maximum absolute atomic E-state index is 11.9. The highest BCUT2D eigenvalue weighted by Gasteiger charge is 2.12. The Labute approximate surface area is 125 Å². The Morgan fingerprint density at radius 1 is 1.10 bits per heavy atom. The Morgan fingerprint density at radius 3 is 2.48 bits per heavy atom. The zero-order valence-corrected chi connectivity index (χ0v) is 13.2. The number of hydrogen-bond acceptors (Lipinski definition) is 3. The highest BCUT2D eigenvalue weighted by molar-refractivity contribution is 5.76. The summed E-state index contributed by atoms with van der Waals surface area (Å²) in [6.45, 7) is 2.24. The molecule has 0 atom stereocenters. The minimum Gasteiger partial charge on any atom is -0.312 e. The second kappa shape index (κ2) is 7.96. The number of fused-ring (bicyclic) bond motifs is 1. The van der Waals surface area contributed by atoms with E-state index in [0.717, 1.165) is 18.5 Å². The average Bonchev–Trinajstić information content (AvgIpc) is 2.80. The van der Waals surface area contributed by atoms with E-state index in [0.29, 0.717) is 11.0 Å². The molecule has 2 aromatic rings. The lowest BCUT2D eigenvalue weighted by Gasteiger charge is -2.00. The van der Waals surface area contributed by atoms with Gasteiger partial charge in [-0.25, -0.2) is 9.67 Å². The topological polar surface area (TPSA) is 63.6 Å². The summed E-state index contributed by atoms with van der Waals surface area (Å²) >= 11 is 0. The van der Waals surface area contributed by atoms with E-state index in [-0.39, 0.29) is 5.56 Å². The Bertz CT molecular complexity index is 614. The third-order valence-electron chi connectivity index (χ3n) is 3.97. The summed E-state index contributed by atoms with van der Waals surface area (Å²) in [5.74, 6) is 0. The molecule has 0 radical (unpaired) electrons. The monoisotopic (exact) mass is 290 g/mol. The van der Waals surface area contributed by atoms with Gasteiger partial charge in [-0.1, -0.05) is 51.9 Å². The van der Waals surface area contributed by atoms with Crippen molar-refractivity contribution in [1.29, 1.82) is 0 Å². The molecule has 0 bridgehead atoms. The van der Waals surface area contributed by atoms with Gasteiger partial charge in [-0.3, -0.25) is 4.79 Å². The maximum Gasteiger partial charge on any atom is 0.262 e. The normalized spacial score (nSPS) is 11.3. The summed E-state index contributed by atoms with van der Waals surface area (Å²) in [5, 5.41) is 5.10. The molecule has 0 aromatic carbocycles. The lowest BCUT2D eigenvalue weighted by Crippen LogP contribution is -2.07. The first-order valence-electron chi connectivity index (χ1n) is 8.13. The van der Waals surface area contributed by atoms with Crippen molar-refractivity contribution < 1.29 is 0 Å². The van der Waals surface area contributed by atoms with Crippen molar-refractivity contribution >= 4 is 11.0 Å². The van der Waals surface area contributed by atoms with Crippen LogP contribution in [-0.4, -0.2) is 19.7 Å². The van der Waals surface area contributed by atoms with Crippen molar-refractivity contribution in [3.63, 3.8) is 0 Å². The molecule has 2 aromatic heterocycles. The standard InChI is InChI=1S/C16H26N4O/c1-3-4-5-6-7-8-9-10-11-13-14-15(20(2)19-13)17-12-18-16(14)21/h12H,3-11H2,1-2H3,(H,17,18,21). The van der Waals surface area contributed by atoms with Gasteiger partial charge in [0, 0.05) is 7.05 Å². The predicted molar refractivity (Wildman–Crippen MR) is 85.4 cm³/mol. The van der Waals surface area contributed by atoms with Crippen molar-refractivity contribution in [2.24, 2.45) is 7.05 Å². The summed E-state index contributed by atoms with van der Waals surface area (Å²) in [6, 6.07) is 0. The van der Waals surface area contributed by atoms with Gasteiger partial charge in [-0.05, 0) is 12.8 Å². The number of nitrogens with one attached hydrogen (secondary N) is 1. The number of nitrogens with zero attached hydrogens (tertiary/aromatic N) is 3. The Balaban J connectivity index is 1.80. The fraction of sp³-hybridized carbons (Fsp3) is 0.688. The van der Waals surface area contributed by atoms with Crippen molar-refractivity contribution in [2.75, 3.05) is 0 Å². The second-order valence-corrected chi connectivity index (χ2v) is 5.73. The molecule has 0 fully saturated rings. The summed E-state index contributed by atoms with van der Waals surface area (Å²) in [4.78, 5) is 18.7. The van der Waals surface area contributed by atoms with Gasteiger partial charge in [0.15, 0.2) is 5.65 Å². The van der Waals surface area contributed by atoms with Crippen LogP contribution in [0.2, 0.25) is 0 Å². The lowest BCUT2D eigenvalue weighted by molar-refractivity contribution is 0.573. The van der Waals surface area contributed by atoms with Crippen LogP contribution in [0.1, 0.15) is 64.0 Å². The molecule has 0 unspecified atom stereocenters. The number of unbranched alkanes of at least 4 members (excludes halogenated alkanes) is 7. The van der Waals surface area contributed by atoms with E-state index in [4.69, 9.17) is 0 Å². The third-order valence-corrected chi connectivity index (χ3v) is 3.97. The van der Waals surface area contributed by atoms with Crippen LogP contribution in [0.15, 0.2) is 11.1 Å². The van der Waals surface area contributed by atoms with Crippen LogP contribution in [0, 0.1) is 0 Å². The Hall–Kier alpha value is -1.65. The molecule has 0 aliphatic heterocycles. The molecule has 5 nitrogen and oxygen atoms in total. The zero-order chi connectivity index (χ0) is 15.1. The van der Waals surface area contributed by atoms with Crippen molar-refractivity contribution in [3.8, 4) is 0 Å². The average molecular weight is 290 g/mol. The number of H-pyrrole nitrogens is 1. The van der Waals surface area contributed by atoms with Gasteiger partial charge in [0.05, 0.1) is 12.0 Å². The maximum atomic E-state index is 11.9. The van der Waals surface area contributed by atoms with E-state index in [1.807, 2.05) is 7.05 Å². The first-order valence-corrected chi connectivity index (χ1v) is 8.13. The second-order valence-electron chi connectivity index (χ2n) is 5.73. The van der Waals surface area contributed by atoms with Gasteiger partial charge in [-0.2, -0.15) is 5.10 Å². The van der Waals surface area contributed by atoms with Crippen molar-refractivity contribution in [3.05, 3.63) is 22.4 Å². The smallest absolute Gasteiger partial charge is 0.262 e. The highest BCUT2D eigenvalue weighted by atomic mass is 16.1. The first kappa shape index (κ1) is 15.7. The van der Waals surface area contributed by atoms with Gasteiger partial charge in [0.2, 0.25) is 0 Å². The molecular formula is C16H26N4O. The van der Waals surface area contributed by atoms with E-state index in [1.165, 1.54) is 51.3 Å². The fourth-order valence-corrected chi connectivity index (χ4v) is 2.78. The molecule has 0 saturated heterocycles. The van der Waals surface area contributed by atoms with Gasteiger partial charge in [0.1, 0.15) is 5.39 Å². The van der Waals surface area contributed by atoms with Gasteiger partial charge < -0.3 is 4.98 Å². The molecule has 1 N–H and O–H groups in total. The van der Waals surface area contributed by atoms with Crippen LogP contribution in [0.25, 0.3) is 11.0 Å². The van der Waals surface area contributed by atoms with Crippen molar-refractivity contribution in [2.45, 2.75) is 64.7 Å². The summed E-state index contributed by atoms with van der Waals surface area (Å²) in [6.07, 6.45) is 12.6. The highest BCUT2D eigenvalue weighted by Crippen LogP contribution is 2.15. The molecule has 2 rings (SSSR count).